The predicted molar refractivity (Wildman–Crippen MR) is 131 cm³/mol. The molecule has 6 heteroatoms. The van der Waals surface area contributed by atoms with E-state index < -0.39 is 0 Å². The van der Waals surface area contributed by atoms with Gasteiger partial charge in [-0.3, -0.25) is 4.40 Å². The minimum absolute atomic E-state index is 0.360. The summed E-state index contributed by atoms with van der Waals surface area (Å²) in [5.74, 6) is 0.843. The number of methoxy groups -OCH3 is 1. The number of anilines is 2. The van der Waals surface area contributed by atoms with E-state index in [1.54, 1.807) is 30.6 Å². The van der Waals surface area contributed by atoms with Crippen molar-refractivity contribution in [1.29, 1.82) is 0 Å². The van der Waals surface area contributed by atoms with Crippen LogP contribution in [0.25, 0.3) is 21.8 Å². The van der Waals surface area contributed by atoms with Gasteiger partial charge in [0.05, 0.1) is 18.4 Å². The molecule has 2 heterocycles. The van der Waals surface area contributed by atoms with Gasteiger partial charge in [0.15, 0.2) is 4.96 Å². The van der Waals surface area contributed by atoms with Gasteiger partial charge < -0.3 is 10.1 Å². The summed E-state index contributed by atoms with van der Waals surface area (Å²) in [6, 6.07) is 11.0. The standard InChI is InChI=1S/C26H24FN3OS/c1-16-9-7-10-17(2)23(16)28-25-24(22-19(27)13-8-14-21(22)31-3)29-26-30(25)20(15-32-26)18-11-5-4-6-12-18/h4-5,7-11,13-15,28H,6,12H2,1-3H3. The summed E-state index contributed by atoms with van der Waals surface area (Å²) in [6.45, 7) is 4.14. The maximum absolute atomic E-state index is 15.1. The lowest BCUT2D eigenvalue weighted by Crippen LogP contribution is -2.03. The molecule has 1 aliphatic carbocycles. The van der Waals surface area contributed by atoms with Crippen LogP contribution in [-0.4, -0.2) is 16.5 Å². The lowest BCUT2D eigenvalue weighted by atomic mass is 10.0. The van der Waals surface area contributed by atoms with Crippen molar-refractivity contribution in [3.63, 3.8) is 0 Å². The highest BCUT2D eigenvalue weighted by molar-refractivity contribution is 7.15. The summed E-state index contributed by atoms with van der Waals surface area (Å²) >= 11 is 1.56. The first kappa shape index (κ1) is 20.5. The Morgan fingerprint density at radius 1 is 1.12 bits per heavy atom. The lowest BCUT2D eigenvalue weighted by molar-refractivity contribution is 0.413. The summed E-state index contributed by atoms with van der Waals surface area (Å²) in [7, 11) is 1.56. The van der Waals surface area contributed by atoms with Crippen molar-refractivity contribution in [1.82, 2.24) is 9.38 Å². The molecule has 162 valence electrons. The lowest BCUT2D eigenvalue weighted by Gasteiger charge is -2.16. The Balaban J connectivity index is 1.80. The molecule has 0 saturated carbocycles. The Bertz CT molecular complexity index is 1360. The number of fused-ring (bicyclic) bond motifs is 1. The number of benzene rings is 2. The second-order valence-corrected chi connectivity index (χ2v) is 8.75. The van der Waals surface area contributed by atoms with Gasteiger partial charge >= 0.3 is 0 Å². The minimum Gasteiger partial charge on any atom is -0.496 e. The van der Waals surface area contributed by atoms with Gasteiger partial charge in [-0.25, -0.2) is 9.37 Å². The van der Waals surface area contributed by atoms with Gasteiger partial charge in [0.1, 0.15) is 23.1 Å². The van der Waals surface area contributed by atoms with Crippen LogP contribution >= 0.6 is 11.3 Å². The summed E-state index contributed by atoms with van der Waals surface area (Å²) in [5.41, 5.74) is 6.46. The van der Waals surface area contributed by atoms with Gasteiger partial charge in [-0.1, -0.05) is 42.5 Å². The van der Waals surface area contributed by atoms with Crippen molar-refractivity contribution in [2.24, 2.45) is 0 Å². The number of para-hydroxylation sites is 1. The Morgan fingerprint density at radius 3 is 2.62 bits per heavy atom. The number of thiazole rings is 1. The van der Waals surface area contributed by atoms with Gasteiger partial charge in [0, 0.05) is 11.1 Å². The SMILES string of the molecule is COc1cccc(F)c1-c1nc2scc(C3=CC=CCC3)n2c1Nc1c(C)cccc1C. The summed E-state index contributed by atoms with van der Waals surface area (Å²) in [4.78, 5) is 5.69. The quantitative estimate of drug-likeness (QED) is 0.350. The van der Waals surface area contributed by atoms with Crippen molar-refractivity contribution >= 4 is 33.4 Å². The van der Waals surface area contributed by atoms with Crippen LogP contribution in [0.2, 0.25) is 0 Å². The number of aromatic nitrogens is 2. The number of hydrogen-bond acceptors (Lipinski definition) is 4. The van der Waals surface area contributed by atoms with Crippen molar-refractivity contribution in [2.75, 3.05) is 12.4 Å². The molecule has 5 rings (SSSR count). The third-order valence-electron chi connectivity index (χ3n) is 5.86. The van der Waals surface area contributed by atoms with Crippen LogP contribution in [0.3, 0.4) is 0 Å². The number of aryl methyl sites for hydroxylation is 2. The first-order valence-corrected chi connectivity index (χ1v) is 11.5. The molecule has 0 saturated heterocycles. The number of rotatable bonds is 5. The largest absolute Gasteiger partial charge is 0.496 e. The van der Waals surface area contributed by atoms with Crippen LogP contribution in [0.5, 0.6) is 5.75 Å². The van der Waals surface area contributed by atoms with Crippen LogP contribution in [0.4, 0.5) is 15.9 Å². The average Bonchev–Trinajstić information content (AvgIpc) is 3.36. The predicted octanol–water partition coefficient (Wildman–Crippen LogP) is 7.30. The summed E-state index contributed by atoms with van der Waals surface area (Å²) in [6.07, 6.45) is 8.38. The molecule has 0 fully saturated rings. The molecular weight excluding hydrogens is 421 g/mol. The van der Waals surface area contributed by atoms with Crippen molar-refractivity contribution < 1.29 is 9.13 Å². The van der Waals surface area contributed by atoms with Crippen LogP contribution < -0.4 is 10.1 Å². The molecule has 0 spiro atoms. The average molecular weight is 446 g/mol. The number of halogens is 1. The smallest absolute Gasteiger partial charge is 0.196 e. The molecule has 0 unspecified atom stereocenters. The van der Waals surface area contributed by atoms with Gasteiger partial charge in [-0.2, -0.15) is 0 Å². The molecule has 0 aliphatic heterocycles. The summed E-state index contributed by atoms with van der Waals surface area (Å²) < 4.78 is 22.7. The van der Waals surface area contributed by atoms with Crippen LogP contribution in [0.15, 0.2) is 60.0 Å². The fourth-order valence-corrected chi connectivity index (χ4v) is 5.14. The molecule has 32 heavy (non-hydrogen) atoms. The number of ether oxygens (including phenoxy) is 1. The highest BCUT2D eigenvalue weighted by Gasteiger charge is 2.25. The van der Waals surface area contributed by atoms with Crippen LogP contribution in [-0.2, 0) is 0 Å². The zero-order chi connectivity index (χ0) is 22.2. The molecular formula is C26H24FN3OS. The van der Waals surface area contributed by atoms with Crippen LogP contribution in [0.1, 0.15) is 29.7 Å². The minimum atomic E-state index is -0.360. The molecule has 1 N–H and O–H groups in total. The molecule has 1 aliphatic rings. The normalized spacial score (nSPS) is 13.4. The Kier molecular flexibility index (Phi) is 5.31. The highest BCUT2D eigenvalue weighted by Crippen LogP contribution is 2.42. The summed E-state index contributed by atoms with van der Waals surface area (Å²) in [5, 5.41) is 5.74. The number of hydrogen-bond donors (Lipinski definition) is 1. The van der Waals surface area contributed by atoms with Crippen molar-refractivity contribution in [2.45, 2.75) is 26.7 Å². The molecule has 2 aromatic heterocycles. The zero-order valence-electron chi connectivity index (χ0n) is 18.3. The van der Waals surface area contributed by atoms with E-state index in [0.29, 0.717) is 17.0 Å². The third kappa shape index (κ3) is 3.41. The molecule has 2 aromatic carbocycles. The van der Waals surface area contributed by atoms with Gasteiger partial charge in [0.2, 0.25) is 0 Å². The maximum atomic E-state index is 15.1. The molecule has 4 aromatic rings. The molecule has 4 nitrogen and oxygen atoms in total. The van der Waals surface area contributed by atoms with Crippen molar-refractivity contribution in [3.8, 4) is 17.0 Å². The van der Waals surface area contributed by atoms with Gasteiger partial charge in [0.25, 0.3) is 0 Å². The van der Waals surface area contributed by atoms with Crippen molar-refractivity contribution in [3.05, 3.63) is 82.6 Å². The first-order chi connectivity index (χ1) is 15.6. The fraction of sp³-hybridized carbons (Fsp3) is 0.192. The van der Waals surface area contributed by atoms with Crippen LogP contribution in [0, 0.1) is 19.7 Å². The topological polar surface area (TPSA) is 38.6 Å². The monoisotopic (exact) mass is 445 g/mol. The molecule has 0 radical (unpaired) electrons. The number of nitrogens with one attached hydrogen (secondary N) is 1. The molecule has 0 amide bonds. The van der Waals surface area contributed by atoms with E-state index in [1.165, 1.54) is 11.6 Å². The fourth-order valence-electron chi connectivity index (χ4n) is 4.22. The maximum Gasteiger partial charge on any atom is 0.196 e. The van der Waals surface area contributed by atoms with E-state index >= 15 is 4.39 Å². The second-order valence-electron chi connectivity index (χ2n) is 7.92. The molecule has 0 atom stereocenters. The van der Waals surface area contributed by atoms with E-state index in [1.807, 2.05) is 6.07 Å². The highest BCUT2D eigenvalue weighted by atomic mass is 32.1. The van der Waals surface area contributed by atoms with E-state index in [0.717, 1.165) is 46.1 Å². The number of imidazole rings is 1. The zero-order valence-corrected chi connectivity index (χ0v) is 19.1. The Labute approximate surface area is 190 Å². The van der Waals surface area contributed by atoms with E-state index in [2.05, 4.69) is 59.3 Å². The Morgan fingerprint density at radius 2 is 1.91 bits per heavy atom. The van der Waals surface area contributed by atoms with E-state index in [-0.39, 0.29) is 5.82 Å². The van der Waals surface area contributed by atoms with Gasteiger partial charge in [-0.15, -0.1) is 11.3 Å². The van der Waals surface area contributed by atoms with E-state index in [9.17, 15) is 0 Å². The third-order valence-corrected chi connectivity index (χ3v) is 6.69. The second kappa shape index (κ2) is 8.28. The van der Waals surface area contributed by atoms with Gasteiger partial charge in [-0.05, 0) is 55.5 Å². The number of nitrogens with zero attached hydrogens (tertiary/aromatic N) is 2. The first-order valence-electron chi connectivity index (χ1n) is 10.6. The number of allylic oxidation sites excluding steroid dienone is 4. The Hall–Kier alpha value is -3.38. The molecule has 0 bridgehead atoms. The van der Waals surface area contributed by atoms with E-state index in [4.69, 9.17) is 9.72 Å².